The minimum Gasteiger partial charge on any atom is -0.454 e. The molecule has 1 aliphatic carbocycles. The zero-order valence-corrected chi connectivity index (χ0v) is 19.1. The predicted octanol–water partition coefficient (Wildman–Crippen LogP) is 3.29. The van der Waals surface area contributed by atoms with Gasteiger partial charge >= 0.3 is 6.03 Å². The molecule has 2 atom stereocenters. The third-order valence-electron chi connectivity index (χ3n) is 6.99. The number of carbonyl (C=O) groups excluding carboxylic acids is 3. The van der Waals surface area contributed by atoms with Crippen LogP contribution in [0.5, 0.6) is 11.5 Å². The standard InChI is InChI=1S/C26H26N4O5/c31-23(27-19-7-3-5-17-16-4-1-2-6-18(16)28-24(17)19)11-9-20-25(32)30(26(33)29-20)13-15-8-10-21-22(12-15)35-14-34-21/h1-2,4,6,8,10,12,19-20,28H,3,5,7,9,11,13-14H2,(H,27,31)(H,29,33)/t19-,20-/m1/s1. The Bertz CT molecular complexity index is 1330. The first-order valence-electron chi connectivity index (χ1n) is 12.0. The van der Waals surface area contributed by atoms with Crippen molar-refractivity contribution >= 4 is 28.7 Å². The predicted molar refractivity (Wildman–Crippen MR) is 127 cm³/mol. The van der Waals surface area contributed by atoms with Gasteiger partial charge < -0.3 is 25.1 Å². The van der Waals surface area contributed by atoms with E-state index in [0.717, 1.165) is 36.0 Å². The van der Waals surface area contributed by atoms with Crippen molar-refractivity contribution in [2.75, 3.05) is 6.79 Å². The molecular weight excluding hydrogens is 448 g/mol. The van der Waals surface area contributed by atoms with Crippen molar-refractivity contribution in [1.29, 1.82) is 0 Å². The van der Waals surface area contributed by atoms with Crippen molar-refractivity contribution in [3.05, 3.63) is 59.3 Å². The van der Waals surface area contributed by atoms with E-state index in [4.69, 9.17) is 9.47 Å². The van der Waals surface area contributed by atoms with Crippen LogP contribution in [-0.2, 0) is 22.6 Å². The minimum absolute atomic E-state index is 0.0740. The van der Waals surface area contributed by atoms with Crippen molar-refractivity contribution in [3.8, 4) is 11.5 Å². The molecule has 9 nitrogen and oxygen atoms in total. The molecule has 3 heterocycles. The van der Waals surface area contributed by atoms with E-state index in [9.17, 15) is 14.4 Å². The number of aryl methyl sites for hydroxylation is 1. The smallest absolute Gasteiger partial charge is 0.325 e. The maximum Gasteiger partial charge on any atom is 0.325 e. The molecule has 6 rings (SSSR count). The van der Waals surface area contributed by atoms with Gasteiger partial charge in [0.15, 0.2) is 11.5 Å². The molecule has 0 saturated carbocycles. The summed E-state index contributed by atoms with van der Waals surface area (Å²) < 4.78 is 10.7. The van der Waals surface area contributed by atoms with Gasteiger partial charge in [0, 0.05) is 23.0 Å². The van der Waals surface area contributed by atoms with Crippen LogP contribution in [0.15, 0.2) is 42.5 Å². The lowest BCUT2D eigenvalue weighted by atomic mass is 9.91. The lowest BCUT2D eigenvalue weighted by molar-refractivity contribution is -0.128. The minimum atomic E-state index is -0.711. The van der Waals surface area contributed by atoms with E-state index in [-0.39, 0.29) is 44.0 Å². The number of nitrogens with zero attached hydrogens (tertiary/aromatic N) is 1. The first-order valence-corrected chi connectivity index (χ1v) is 12.0. The highest BCUT2D eigenvalue weighted by Gasteiger charge is 2.38. The summed E-state index contributed by atoms with van der Waals surface area (Å²) in [5.41, 5.74) is 4.20. The van der Waals surface area contributed by atoms with Crippen LogP contribution in [-0.4, -0.2) is 40.6 Å². The molecule has 3 N–H and O–H groups in total. The van der Waals surface area contributed by atoms with Crippen LogP contribution < -0.4 is 20.1 Å². The van der Waals surface area contributed by atoms with Gasteiger partial charge in [0.1, 0.15) is 6.04 Å². The molecule has 3 aliphatic rings. The topological polar surface area (TPSA) is 113 Å². The Morgan fingerprint density at radius 2 is 1.97 bits per heavy atom. The summed E-state index contributed by atoms with van der Waals surface area (Å²) in [6.45, 7) is 0.295. The molecule has 180 valence electrons. The third-order valence-corrected chi connectivity index (χ3v) is 6.99. The van der Waals surface area contributed by atoms with Crippen LogP contribution in [0.1, 0.15) is 48.5 Å². The first-order chi connectivity index (χ1) is 17.1. The van der Waals surface area contributed by atoms with Gasteiger partial charge in [-0.3, -0.25) is 14.5 Å². The Balaban J connectivity index is 1.06. The second-order valence-corrected chi connectivity index (χ2v) is 9.23. The molecule has 0 radical (unpaired) electrons. The van der Waals surface area contributed by atoms with Crippen molar-refractivity contribution in [1.82, 2.24) is 20.5 Å². The van der Waals surface area contributed by atoms with Crippen molar-refractivity contribution in [2.24, 2.45) is 0 Å². The molecule has 2 aliphatic heterocycles. The number of rotatable bonds is 6. The molecule has 0 unspecified atom stereocenters. The normalized spacial score (nSPS) is 20.7. The SMILES string of the molecule is O=C(CC[C@H]1NC(=O)N(Cc2ccc3c(c2)OCO3)C1=O)N[C@@H]1CCCc2c1[nH]c1ccccc21. The van der Waals surface area contributed by atoms with E-state index in [0.29, 0.717) is 11.5 Å². The van der Waals surface area contributed by atoms with Gasteiger partial charge in [-0.1, -0.05) is 24.3 Å². The van der Waals surface area contributed by atoms with Gasteiger partial charge in [-0.05, 0) is 55.0 Å². The summed E-state index contributed by atoms with van der Waals surface area (Å²) in [5.74, 6) is 0.796. The monoisotopic (exact) mass is 474 g/mol. The number of aromatic amines is 1. The zero-order chi connectivity index (χ0) is 23.9. The molecule has 3 aromatic rings. The van der Waals surface area contributed by atoms with Crippen LogP contribution in [0.25, 0.3) is 10.9 Å². The number of H-pyrrole nitrogens is 1. The fraction of sp³-hybridized carbons (Fsp3) is 0.346. The number of ether oxygens (including phenoxy) is 2. The number of carbonyl (C=O) groups is 3. The summed E-state index contributed by atoms with van der Waals surface area (Å²) in [5, 5.41) is 7.05. The molecule has 35 heavy (non-hydrogen) atoms. The number of imide groups is 1. The summed E-state index contributed by atoms with van der Waals surface area (Å²) in [4.78, 5) is 42.7. The highest BCUT2D eigenvalue weighted by Crippen LogP contribution is 2.35. The van der Waals surface area contributed by atoms with Crippen LogP contribution in [0.2, 0.25) is 0 Å². The van der Waals surface area contributed by atoms with Crippen molar-refractivity contribution < 1.29 is 23.9 Å². The van der Waals surface area contributed by atoms with Gasteiger partial charge in [0.2, 0.25) is 12.7 Å². The molecule has 0 spiro atoms. The Morgan fingerprint density at radius 1 is 1.11 bits per heavy atom. The third kappa shape index (κ3) is 3.96. The first kappa shape index (κ1) is 21.5. The largest absolute Gasteiger partial charge is 0.454 e. The number of urea groups is 1. The zero-order valence-electron chi connectivity index (χ0n) is 19.1. The van der Waals surface area contributed by atoms with E-state index in [1.165, 1.54) is 15.8 Å². The number of hydrogen-bond donors (Lipinski definition) is 3. The Labute approximate surface area is 201 Å². The number of para-hydroxylation sites is 1. The second kappa shape index (κ2) is 8.65. The van der Waals surface area contributed by atoms with E-state index >= 15 is 0 Å². The number of benzene rings is 2. The van der Waals surface area contributed by atoms with Crippen LogP contribution in [0.4, 0.5) is 4.79 Å². The number of amides is 4. The van der Waals surface area contributed by atoms with E-state index in [1.807, 2.05) is 12.1 Å². The van der Waals surface area contributed by atoms with Gasteiger partial charge in [-0.15, -0.1) is 0 Å². The quantitative estimate of drug-likeness (QED) is 0.475. The summed E-state index contributed by atoms with van der Waals surface area (Å²) in [6, 6.07) is 12.3. The number of aromatic nitrogens is 1. The molecule has 0 bridgehead atoms. The lowest BCUT2D eigenvalue weighted by Gasteiger charge is -2.24. The average Bonchev–Trinajstić information content (AvgIpc) is 3.55. The maximum absolute atomic E-state index is 12.9. The van der Waals surface area contributed by atoms with E-state index < -0.39 is 12.1 Å². The van der Waals surface area contributed by atoms with Gasteiger partial charge in [0.25, 0.3) is 5.91 Å². The Morgan fingerprint density at radius 3 is 2.89 bits per heavy atom. The summed E-state index contributed by atoms with van der Waals surface area (Å²) in [7, 11) is 0. The lowest BCUT2D eigenvalue weighted by Crippen LogP contribution is -2.34. The van der Waals surface area contributed by atoms with Gasteiger partial charge in [-0.25, -0.2) is 4.79 Å². The average molecular weight is 475 g/mol. The molecule has 1 saturated heterocycles. The maximum atomic E-state index is 12.9. The number of hydrogen-bond acceptors (Lipinski definition) is 5. The van der Waals surface area contributed by atoms with Crippen molar-refractivity contribution in [2.45, 2.75) is 50.7 Å². The molecule has 1 fully saturated rings. The Kier molecular flexibility index (Phi) is 5.32. The fourth-order valence-electron chi connectivity index (χ4n) is 5.25. The Hall–Kier alpha value is -4.01. The van der Waals surface area contributed by atoms with Crippen LogP contribution >= 0.6 is 0 Å². The number of fused-ring (bicyclic) bond motifs is 4. The summed E-state index contributed by atoms with van der Waals surface area (Å²) >= 11 is 0. The van der Waals surface area contributed by atoms with E-state index in [1.54, 1.807) is 18.2 Å². The van der Waals surface area contributed by atoms with Crippen LogP contribution in [0, 0.1) is 0 Å². The molecule has 4 amide bonds. The van der Waals surface area contributed by atoms with Crippen molar-refractivity contribution in [3.63, 3.8) is 0 Å². The number of nitrogens with one attached hydrogen (secondary N) is 3. The van der Waals surface area contributed by atoms with Crippen LogP contribution in [0.3, 0.4) is 0 Å². The molecule has 9 heteroatoms. The molecular formula is C26H26N4O5. The highest BCUT2D eigenvalue weighted by molar-refractivity contribution is 6.04. The highest BCUT2D eigenvalue weighted by atomic mass is 16.7. The molecule has 1 aromatic heterocycles. The fourth-order valence-corrected chi connectivity index (χ4v) is 5.25. The van der Waals surface area contributed by atoms with E-state index in [2.05, 4.69) is 27.8 Å². The summed E-state index contributed by atoms with van der Waals surface area (Å²) in [6.07, 6.45) is 3.27. The van der Waals surface area contributed by atoms with Gasteiger partial charge in [0.05, 0.1) is 12.6 Å². The second-order valence-electron chi connectivity index (χ2n) is 9.23. The van der Waals surface area contributed by atoms with Gasteiger partial charge in [-0.2, -0.15) is 0 Å². The molecule has 2 aromatic carbocycles.